The normalized spacial score (nSPS) is 15.1. The Morgan fingerprint density at radius 3 is 2.43 bits per heavy atom. The highest BCUT2D eigenvalue weighted by molar-refractivity contribution is 6.07. The summed E-state index contributed by atoms with van der Waals surface area (Å²) in [6.07, 6.45) is 0.831. The number of rotatable bonds is 9. The number of hydrogen-bond donors (Lipinski definition) is 2. The van der Waals surface area contributed by atoms with Crippen LogP contribution in [0.5, 0.6) is 5.75 Å². The minimum atomic E-state index is -0.511. The number of amides is 3. The number of anilines is 2. The molecule has 2 N–H and O–H groups in total. The lowest BCUT2D eigenvalue weighted by Crippen LogP contribution is -2.30. The van der Waals surface area contributed by atoms with Crippen molar-refractivity contribution in [3.63, 3.8) is 0 Å². The summed E-state index contributed by atoms with van der Waals surface area (Å²) < 4.78 is 5.45. The minimum absolute atomic E-state index is 0.110. The van der Waals surface area contributed by atoms with E-state index in [9.17, 15) is 14.4 Å². The SMILES string of the molecule is CCOc1ccc(N2C[C@H](C(=O)Nc3ccccc3C(=O)NCCc3ccccc3)CC2=O)cc1. The Balaban J connectivity index is 1.36. The van der Waals surface area contributed by atoms with Gasteiger partial charge in [-0.15, -0.1) is 0 Å². The van der Waals surface area contributed by atoms with Gasteiger partial charge in [-0.1, -0.05) is 42.5 Å². The van der Waals surface area contributed by atoms with Crippen molar-refractivity contribution in [1.82, 2.24) is 5.32 Å². The third-order valence-corrected chi connectivity index (χ3v) is 5.93. The van der Waals surface area contributed by atoms with Crippen LogP contribution in [0.25, 0.3) is 0 Å². The highest BCUT2D eigenvalue weighted by Gasteiger charge is 2.35. The van der Waals surface area contributed by atoms with Crippen LogP contribution < -0.4 is 20.3 Å². The lowest BCUT2D eigenvalue weighted by Gasteiger charge is -2.17. The summed E-state index contributed by atoms with van der Waals surface area (Å²) in [7, 11) is 0. The van der Waals surface area contributed by atoms with Gasteiger partial charge in [0.1, 0.15) is 5.75 Å². The molecular weight excluding hydrogens is 442 g/mol. The molecule has 1 heterocycles. The fraction of sp³-hybridized carbons (Fsp3) is 0.250. The fourth-order valence-electron chi connectivity index (χ4n) is 4.11. The van der Waals surface area contributed by atoms with Gasteiger partial charge < -0.3 is 20.3 Å². The van der Waals surface area contributed by atoms with Crippen molar-refractivity contribution < 1.29 is 19.1 Å². The number of nitrogens with one attached hydrogen (secondary N) is 2. The van der Waals surface area contributed by atoms with Gasteiger partial charge in [-0.3, -0.25) is 14.4 Å². The van der Waals surface area contributed by atoms with Crippen molar-refractivity contribution in [3.05, 3.63) is 90.0 Å². The van der Waals surface area contributed by atoms with Gasteiger partial charge in [-0.2, -0.15) is 0 Å². The van der Waals surface area contributed by atoms with E-state index in [1.807, 2.05) is 61.5 Å². The summed E-state index contributed by atoms with van der Waals surface area (Å²) in [6, 6.07) is 24.1. The lowest BCUT2D eigenvalue weighted by atomic mass is 10.1. The quantitative estimate of drug-likeness (QED) is 0.493. The van der Waals surface area contributed by atoms with Crippen molar-refractivity contribution in [2.75, 3.05) is 29.9 Å². The number of hydrogen-bond acceptors (Lipinski definition) is 4. The molecular formula is C28H29N3O4. The molecule has 1 aliphatic rings. The molecule has 3 amide bonds. The molecule has 1 saturated heterocycles. The number of para-hydroxylation sites is 1. The van der Waals surface area contributed by atoms with Crippen LogP contribution in [0.1, 0.15) is 29.3 Å². The van der Waals surface area contributed by atoms with Crippen LogP contribution in [0.15, 0.2) is 78.9 Å². The monoisotopic (exact) mass is 471 g/mol. The molecule has 0 unspecified atom stereocenters. The van der Waals surface area contributed by atoms with Crippen molar-refractivity contribution in [3.8, 4) is 5.75 Å². The maximum Gasteiger partial charge on any atom is 0.253 e. The Hall–Kier alpha value is -4.13. The number of benzene rings is 3. The molecule has 180 valence electrons. The first-order chi connectivity index (χ1) is 17.0. The summed E-state index contributed by atoms with van der Waals surface area (Å²) in [4.78, 5) is 40.0. The van der Waals surface area contributed by atoms with Crippen LogP contribution >= 0.6 is 0 Å². The van der Waals surface area contributed by atoms with Crippen molar-refractivity contribution in [2.45, 2.75) is 19.8 Å². The molecule has 1 fully saturated rings. The van der Waals surface area contributed by atoms with Crippen molar-refractivity contribution in [2.24, 2.45) is 5.92 Å². The molecule has 0 bridgehead atoms. The minimum Gasteiger partial charge on any atom is -0.494 e. The van der Waals surface area contributed by atoms with E-state index in [1.54, 1.807) is 29.2 Å². The van der Waals surface area contributed by atoms with E-state index in [0.29, 0.717) is 30.8 Å². The van der Waals surface area contributed by atoms with Gasteiger partial charge in [0, 0.05) is 25.2 Å². The van der Waals surface area contributed by atoms with Crippen LogP contribution in [-0.4, -0.2) is 37.4 Å². The third-order valence-electron chi connectivity index (χ3n) is 5.93. The van der Waals surface area contributed by atoms with Gasteiger partial charge >= 0.3 is 0 Å². The van der Waals surface area contributed by atoms with Gasteiger partial charge in [-0.05, 0) is 55.3 Å². The zero-order valence-electron chi connectivity index (χ0n) is 19.7. The van der Waals surface area contributed by atoms with Gasteiger partial charge in [0.2, 0.25) is 11.8 Å². The van der Waals surface area contributed by atoms with E-state index < -0.39 is 5.92 Å². The molecule has 0 radical (unpaired) electrons. The van der Waals surface area contributed by atoms with E-state index in [0.717, 1.165) is 17.0 Å². The summed E-state index contributed by atoms with van der Waals surface area (Å²) >= 11 is 0. The number of ether oxygens (including phenoxy) is 1. The maximum atomic E-state index is 13.0. The number of carbonyl (C=O) groups is 3. The Labute approximate surface area is 205 Å². The smallest absolute Gasteiger partial charge is 0.253 e. The first-order valence-electron chi connectivity index (χ1n) is 11.8. The van der Waals surface area contributed by atoms with Gasteiger partial charge in [0.05, 0.1) is 23.8 Å². The molecule has 7 heteroatoms. The standard InChI is InChI=1S/C28H29N3O4/c1-2-35-23-14-12-22(13-15-23)31-19-21(18-26(31)32)27(33)30-25-11-7-6-10-24(25)28(34)29-17-16-20-8-4-3-5-9-20/h3-15,21H,2,16-19H2,1H3,(H,29,34)(H,30,33)/t21-/m1/s1. The van der Waals surface area contributed by atoms with Crippen LogP contribution in [0.2, 0.25) is 0 Å². The van der Waals surface area contributed by atoms with Crippen LogP contribution in [-0.2, 0) is 16.0 Å². The molecule has 0 aromatic heterocycles. The van der Waals surface area contributed by atoms with Crippen molar-refractivity contribution >= 4 is 29.1 Å². The van der Waals surface area contributed by atoms with Crippen LogP contribution in [0, 0.1) is 5.92 Å². The average Bonchev–Trinajstić information content (AvgIpc) is 3.27. The average molecular weight is 472 g/mol. The summed E-state index contributed by atoms with van der Waals surface area (Å²) in [6.45, 7) is 3.24. The highest BCUT2D eigenvalue weighted by atomic mass is 16.5. The number of carbonyl (C=O) groups excluding carboxylic acids is 3. The van der Waals surface area contributed by atoms with Gasteiger partial charge in [0.25, 0.3) is 5.91 Å². The predicted molar refractivity (Wildman–Crippen MR) is 136 cm³/mol. The highest BCUT2D eigenvalue weighted by Crippen LogP contribution is 2.28. The molecule has 35 heavy (non-hydrogen) atoms. The van der Waals surface area contributed by atoms with Gasteiger partial charge in [-0.25, -0.2) is 0 Å². The number of nitrogens with zero attached hydrogens (tertiary/aromatic N) is 1. The Morgan fingerprint density at radius 2 is 1.69 bits per heavy atom. The van der Waals surface area contributed by atoms with E-state index in [1.165, 1.54) is 0 Å². The fourth-order valence-corrected chi connectivity index (χ4v) is 4.11. The zero-order valence-corrected chi connectivity index (χ0v) is 19.7. The molecule has 3 aromatic carbocycles. The van der Waals surface area contributed by atoms with E-state index in [2.05, 4.69) is 10.6 Å². The van der Waals surface area contributed by atoms with Gasteiger partial charge in [0.15, 0.2) is 0 Å². The molecule has 0 aliphatic carbocycles. The van der Waals surface area contributed by atoms with Crippen molar-refractivity contribution in [1.29, 1.82) is 0 Å². The Bertz CT molecular complexity index is 1180. The molecule has 0 spiro atoms. The topological polar surface area (TPSA) is 87.7 Å². The van der Waals surface area contributed by atoms with Crippen LogP contribution in [0.4, 0.5) is 11.4 Å². The second-order valence-corrected chi connectivity index (χ2v) is 8.36. The second-order valence-electron chi connectivity index (χ2n) is 8.36. The second kappa shape index (κ2) is 11.3. The molecule has 1 atom stereocenters. The molecule has 4 rings (SSSR count). The molecule has 0 saturated carbocycles. The lowest BCUT2D eigenvalue weighted by molar-refractivity contribution is -0.122. The third kappa shape index (κ3) is 6.06. The van der Waals surface area contributed by atoms with Crippen LogP contribution in [0.3, 0.4) is 0 Å². The summed E-state index contributed by atoms with van der Waals surface area (Å²) in [5.74, 6) is -0.424. The summed E-state index contributed by atoms with van der Waals surface area (Å²) in [5.41, 5.74) is 2.69. The Kier molecular flexibility index (Phi) is 7.77. The zero-order chi connectivity index (χ0) is 24.6. The molecule has 7 nitrogen and oxygen atoms in total. The first kappa shape index (κ1) is 24.0. The largest absolute Gasteiger partial charge is 0.494 e. The molecule has 3 aromatic rings. The van der Waals surface area contributed by atoms with E-state index in [-0.39, 0.29) is 30.7 Å². The predicted octanol–water partition coefficient (Wildman–Crippen LogP) is 4.05. The molecule has 1 aliphatic heterocycles. The Morgan fingerprint density at radius 1 is 0.971 bits per heavy atom. The first-order valence-corrected chi connectivity index (χ1v) is 11.8. The maximum absolute atomic E-state index is 13.0. The summed E-state index contributed by atoms with van der Waals surface area (Å²) in [5, 5.41) is 5.78. The van der Waals surface area contributed by atoms with E-state index >= 15 is 0 Å². The van der Waals surface area contributed by atoms with E-state index in [4.69, 9.17) is 4.74 Å².